The molecule has 0 atom stereocenters. The minimum absolute atomic E-state index is 0.178. The van der Waals surface area contributed by atoms with Crippen LogP contribution in [-0.2, 0) is 6.42 Å². The van der Waals surface area contributed by atoms with E-state index in [4.69, 9.17) is 0 Å². The Kier molecular flexibility index (Phi) is 7.77. The Labute approximate surface area is 160 Å². The molecule has 0 bridgehead atoms. The highest BCUT2D eigenvalue weighted by molar-refractivity contribution is 5.25. The van der Waals surface area contributed by atoms with E-state index in [-0.39, 0.29) is 6.67 Å². The van der Waals surface area contributed by atoms with Gasteiger partial charge in [-0.15, -0.1) is 0 Å². The molecule has 0 heterocycles. The van der Waals surface area contributed by atoms with Gasteiger partial charge in [0.1, 0.15) is 0 Å². The van der Waals surface area contributed by atoms with Crippen LogP contribution in [-0.4, -0.2) is 6.67 Å². The van der Waals surface area contributed by atoms with Gasteiger partial charge in [0.2, 0.25) is 0 Å². The topological polar surface area (TPSA) is 0 Å². The van der Waals surface area contributed by atoms with Gasteiger partial charge in [0, 0.05) is 0 Å². The average molecular weight is 357 g/mol. The minimum atomic E-state index is -0.178. The van der Waals surface area contributed by atoms with Crippen molar-refractivity contribution in [3.63, 3.8) is 0 Å². The van der Waals surface area contributed by atoms with Crippen molar-refractivity contribution in [2.75, 3.05) is 6.67 Å². The number of aryl methyl sites for hydroxylation is 1. The van der Waals surface area contributed by atoms with Gasteiger partial charge in [-0.2, -0.15) is 0 Å². The zero-order chi connectivity index (χ0) is 18.2. The lowest BCUT2D eigenvalue weighted by atomic mass is 9.68. The van der Waals surface area contributed by atoms with E-state index < -0.39 is 0 Å². The molecule has 1 heteroatoms. The summed E-state index contributed by atoms with van der Waals surface area (Å²) in [6.45, 7) is 2.05. The zero-order valence-corrected chi connectivity index (χ0v) is 16.6. The van der Waals surface area contributed by atoms with Crippen LogP contribution in [0.25, 0.3) is 0 Å². The summed E-state index contributed by atoms with van der Waals surface area (Å²) in [5.74, 6) is 3.50. The molecule has 2 fully saturated rings. The third-order valence-electron chi connectivity index (χ3n) is 7.03. The standard InChI is InChI=1S/C25H37F/c1-2-20-7-11-22(12-8-20)24-15-17-25(18-16-24)23-13-9-21(10-14-23)6-4-3-5-19-26/h4,6-8,11-12,21,23-25H,2-3,5,9-10,13-19H2,1H3/t21-,23-,24-,25-. The van der Waals surface area contributed by atoms with Crippen molar-refractivity contribution >= 4 is 0 Å². The molecule has 3 rings (SSSR count). The molecule has 0 aromatic heterocycles. The fraction of sp³-hybridized carbons (Fsp3) is 0.680. The maximum absolute atomic E-state index is 12.2. The molecule has 0 nitrogen and oxygen atoms in total. The highest BCUT2D eigenvalue weighted by Gasteiger charge is 2.30. The molecule has 0 spiro atoms. The number of hydrogen-bond donors (Lipinski definition) is 0. The summed E-state index contributed by atoms with van der Waals surface area (Å²) in [7, 11) is 0. The van der Waals surface area contributed by atoms with Crippen LogP contribution in [0.4, 0.5) is 4.39 Å². The average Bonchev–Trinajstić information content (AvgIpc) is 2.72. The van der Waals surface area contributed by atoms with E-state index in [2.05, 4.69) is 43.3 Å². The Hall–Kier alpha value is -1.11. The number of alkyl halides is 1. The first-order valence-electron chi connectivity index (χ1n) is 11.1. The molecule has 1 aromatic carbocycles. The lowest BCUT2D eigenvalue weighted by Crippen LogP contribution is -2.25. The van der Waals surface area contributed by atoms with Crippen molar-refractivity contribution in [2.45, 2.75) is 83.5 Å². The van der Waals surface area contributed by atoms with Gasteiger partial charge >= 0.3 is 0 Å². The minimum Gasteiger partial charge on any atom is -0.251 e. The summed E-state index contributed by atoms with van der Waals surface area (Å²) < 4.78 is 12.2. The molecule has 0 aliphatic heterocycles. The summed E-state index contributed by atoms with van der Waals surface area (Å²) in [4.78, 5) is 0. The van der Waals surface area contributed by atoms with Gasteiger partial charge in [-0.05, 0) is 105 Å². The molecule has 144 valence electrons. The molecule has 2 saturated carbocycles. The van der Waals surface area contributed by atoms with Crippen LogP contribution in [0.3, 0.4) is 0 Å². The third-order valence-corrected chi connectivity index (χ3v) is 7.03. The van der Waals surface area contributed by atoms with Gasteiger partial charge in [0.05, 0.1) is 6.67 Å². The van der Waals surface area contributed by atoms with Crippen molar-refractivity contribution in [1.82, 2.24) is 0 Å². The summed E-state index contributed by atoms with van der Waals surface area (Å²) in [5, 5.41) is 0. The first-order chi connectivity index (χ1) is 12.8. The number of benzene rings is 1. The predicted octanol–water partition coefficient (Wildman–Crippen LogP) is 7.64. The van der Waals surface area contributed by atoms with Crippen molar-refractivity contribution in [1.29, 1.82) is 0 Å². The van der Waals surface area contributed by atoms with E-state index in [9.17, 15) is 4.39 Å². The van der Waals surface area contributed by atoms with E-state index in [1.165, 1.54) is 56.9 Å². The summed E-state index contributed by atoms with van der Waals surface area (Å²) in [6.07, 6.45) is 18.5. The van der Waals surface area contributed by atoms with Crippen molar-refractivity contribution < 1.29 is 4.39 Å². The molecular formula is C25H37F. The Morgan fingerprint density at radius 3 is 2.08 bits per heavy atom. The maximum atomic E-state index is 12.2. The monoisotopic (exact) mass is 356 g/mol. The largest absolute Gasteiger partial charge is 0.251 e. The first-order valence-corrected chi connectivity index (χ1v) is 11.1. The second kappa shape index (κ2) is 10.3. The van der Waals surface area contributed by atoms with Gasteiger partial charge in [0.15, 0.2) is 0 Å². The van der Waals surface area contributed by atoms with E-state index in [1.807, 2.05) is 0 Å². The van der Waals surface area contributed by atoms with Gasteiger partial charge in [-0.25, -0.2) is 0 Å². The van der Waals surface area contributed by atoms with Gasteiger partial charge in [0.25, 0.3) is 0 Å². The maximum Gasteiger partial charge on any atom is 0.0897 e. The highest BCUT2D eigenvalue weighted by Crippen LogP contribution is 2.44. The molecular weight excluding hydrogens is 319 g/mol. The zero-order valence-electron chi connectivity index (χ0n) is 16.6. The lowest BCUT2D eigenvalue weighted by Gasteiger charge is -2.37. The van der Waals surface area contributed by atoms with E-state index in [0.717, 1.165) is 36.5 Å². The first kappa shape index (κ1) is 19.6. The van der Waals surface area contributed by atoms with Gasteiger partial charge in [-0.1, -0.05) is 43.3 Å². The highest BCUT2D eigenvalue weighted by atomic mass is 19.1. The van der Waals surface area contributed by atoms with Crippen LogP contribution in [0.15, 0.2) is 36.4 Å². The fourth-order valence-electron chi connectivity index (χ4n) is 5.24. The van der Waals surface area contributed by atoms with Gasteiger partial charge in [-0.3, -0.25) is 4.39 Å². The smallest absolute Gasteiger partial charge is 0.0897 e. The summed E-state index contributed by atoms with van der Waals surface area (Å²) in [5.41, 5.74) is 3.03. The summed E-state index contributed by atoms with van der Waals surface area (Å²) >= 11 is 0. The molecule has 2 aliphatic carbocycles. The quantitative estimate of drug-likeness (QED) is 0.348. The number of rotatable bonds is 7. The molecule has 2 aliphatic rings. The fourth-order valence-corrected chi connectivity index (χ4v) is 5.24. The summed E-state index contributed by atoms with van der Waals surface area (Å²) in [6, 6.07) is 9.40. The number of hydrogen-bond acceptors (Lipinski definition) is 0. The molecule has 0 amide bonds. The van der Waals surface area contributed by atoms with E-state index in [0.29, 0.717) is 6.42 Å². The van der Waals surface area contributed by atoms with Gasteiger partial charge < -0.3 is 0 Å². The van der Waals surface area contributed by atoms with Crippen LogP contribution < -0.4 is 0 Å². The third kappa shape index (κ3) is 5.44. The van der Waals surface area contributed by atoms with Crippen molar-refractivity contribution in [3.8, 4) is 0 Å². The second-order valence-corrected chi connectivity index (χ2v) is 8.64. The van der Waals surface area contributed by atoms with Crippen LogP contribution in [0.1, 0.15) is 88.2 Å². The van der Waals surface area contributed by atoms with E-state index >= 15 is 0 Å². The number of allylic oxidation sites excluding steroid dienone is 2. The van der Waals surface area contributed by atoms with E-state index in [1.54, 1.807) is 5.56 Å². The Balaban J connectivity index is 1.40. The number of halogens is 1. The molecule has 1 aromatic rings. The van der Waals surface area contributed by atoms with Crippen LogP contribution in [0.5, 0.6) is 0 Å². The van der Waals surface area contributed by atoms with Crippen LogP contribution in [0.2, 0.25) is 0 Å². The second-order valence-electron chi connectivity index (χ2n) is 8.64. The van der Waals surface area contributed by atoms with Crippen molar-refractivity contribution in [3.05, 3.63) is 47.5 Å². The normalized spacial score (nSPS) is 29.9. The van der Waals surface area contributed by atoms with Crippen LogP contribution >= 0.6 is 0 Å². The van der Waals surface area contributed by atoms with Crippen molar-refractivity contribution in [2.24, 2.45) is 17.8 Å². The molecule has 26 heavy (non-hydrogen) atoms. The Morgan fingerprint density at radius 1 is 0.885 bits per heavy atom. The SMILES string of the molecule is CCc1ccc([C@H]2CC[C@H]([C@H]3CC[C@H](C=CCCCF)CC3)CC2)cc1. The Morgan fingerprint density at radius 2 is 1.50 bits per heavy atom. The molecule has 0 saturated heterocycles. The molecule has 0 N–H and O–H groups in total. The number of unbranched alkanes of at least 4 members (excludes halogenated alkanes) is 1. The molecule has 0 unspecified atom stereocenters. The van der Waals surface area contributed by atoms with Crippen LogP contribution in [0, 0.1) is 17.8 Å². The Bertz CT molecular complexity index is 528. The predicted molar refractivity (Wildman–Crippen MR) is 110 cm³/mol. The molecule has 0 radical (unpaired) electrons. The lowest BCUT2D eigenvalue weighted by molar-refractivity contribution is 0.171.